The van der Waals surface area contributed by atoms with Crippen molar-refractivity contribution >= 4 is 35.1 Å². The number of benzene rings is 2. The van der Waals surface area contributed by atoms with E-state index in [1.165, 1.54) is 30.3 Å². The number of furan rings is 1. The van der Waals surface area contributed by atoms with Crippen LogP contribution in [-0.4, -0.2) is 5.78 Å². The number of carbonyl (C=O) groups is 1. The molecule has 5 heteroatoms. The largest absolute Gasteiger partial charge is 0.457 e. The van der Waals surface area contributed by atoms with E-state index in [0.29, 0.717) is 27.1 Å². The maximum atomic E-state index is 12.9. The summed E-state index contributed by atoms with van der Waals surface area (Å²) in [4.78, 5) is 12.0. The lowest BCUT2D eigenvalue weighted by atomic mass is 10.1. The molecule has 0 saturated carbocycles. The van der Waals surface area contributed by atoms with Gasteiger partial charge in [-0.3, -0.25) is 4.79 Å². The molecule has 1 heterocycles. The Bertz CT molecular complexity index is 911. The Morgan fingerprint density at radius 1 is 0.958 bits per heavy atom. The lowest BCUT2D eigenvalue weighted by Gasteiger charge is -1.99. The van der Waals surface area contributed by atoms with Crippen molar-refractivity contribution in [3.63, 3.8) is 0 Å². The van der Waals surface area contributed by atoms with Gasteiger partial charge in [0, 0.05) is 11.1 Å². The minimum atomic E-state index is -0.382. The van der Waals surface area contributed by atoms with Crippen molar-refractivity contribution in [3.05, 3.63) is 87.9 Å². The molecular formula is C19H11Cl2FO2. The summed E-state index contributed by atoms with van der Waals surface area (Å²) in [6.45, 7) is 0. The summed E-state index contributed by atoms with van der Waals surface area (Å²) in [5.41, 5.74) is 1.19. The number of rotatable bonds is 4. The quantitative estimate of drug-likeness (QED) is 0.404. The molecule has 24 heavy (non-hydrogen) atoms. The third-order valence-corrected chi connectivity index (χ3v) is 4.10. The second-order valence-electron chi connectivity index (χ2n) is 5.04. The molecule has 0 amide bonds. The van der Waals surface area contributed by atoms with Crippen LogP contribution < -0.4 is 0 Å². The van der Waals surface area contributed by atoms with Crippen LogP contribution in [0.3, 0.4) is 0 Å². The lowest BCUT2D eigenvalue weighted by Crippen LogP contribution is -1.93. The lowest BCUT2D eigenvalue weighted by molar-refractivity contribution is 0.104. The van der Waals surface area contributed by atoms with Crippen LogP contribution in [-0.2, 0) is 0 Å². The SMILES string of the molecule is O=C(/C=C\c1ccc(-c2ccc(Cl)c(Cl)c2)o1)c1ccc(F)cc1. The average molecular weight is 361 g/mol. The summed E-state index contributed by atoms with van der Waals surface area (Å²) in [5, 5.41) is 0.908. The van der Waals surface area contributed by atoms with Gasteiger partial charge in [0.15, 0.2) is 5.78 Å². The summed E-state index contributed by atoms with van der Waals surface area (Å²) < 4.78 is 18.5. The molecule has 0 bridgehead atoms. The first-order valence-electron chi connectivity index (χ1n) is 7.06. The smallest absolute Gasteiger partial charge is 0.185 e. The van der Waals surface area contributed by atoms with Crippen molar-refractivity contribution in [1.29, 1.82) is 0 Å². The summed E-state index contributed by atoms with van der Waals surface area (Å²) >= 11 is 11.9. The first-order chi connectivity index (χ1) is 11.5. The average Bonchev–Trinajstić information content (AvgIpc) is 3.05. The zero-order valence-corrected chi connectivity index (χ0v) is 13.8. The highest BCUT2D eigenvalue weighted by atomic mass is 35.5. The highest BCUT2D eigenvalue weighted by Gasteiger charge is 2.07. The van der Waals surface area contributed by atoms with Crippen LogP contribution in [0.4, 0.5) is 4.39 Å². The Kier molecular flexibility index (Phi) is 4.84. The third kappa shape index (κ3) is 3.75. The highest BCUT2D eigenvalue weighted by molar-refractivity contribution is 6.42. The molecule has 0 N–H and O–H groups in total. The van der Waals surface area contributed by atoms with Crippen molar-refractivity contribution in [2.24, 2.45) is 0 Å². The van der Waals surface area contributed by atoms with Crippen LogP contribution in [0.25, 0.3) is 17.4 Å². The van der Waals surface area contributed by atoms with E-state index < -0.39 is 0 Å². The van der Waals surface area contributed by atoms with Crippen molar-refractivity contribution < 1.29 is 13.6 Å². The number of halogens is 3. The maximum Gasteiger partial charge on any atom is 0.185 e. The van der Waals surface area contributed by atoms with Gasteiger partial charge in [0.1, 0.15) is 17.3 Å². The van der Waals surface area contributed by atoms with Gasteiger partial charge in [-0.15, -0.1) is 0 Å². The summed E-state index contributed by atoms with van der Waals surface area (Å²) in [5.74, 6) is 0.518. The molecule has 2 aromatic carbocycles. The standard InChI is InChI=1S/C19H11Cl2FO2/c20-16-8-3-13(11-17(16)21)19-10-7-15(24-19)6-9-18(23)12-1-4-14(22)5-2-12/h1-11H/b9-6-. The maximum absolute atomic E-state index is 12.9. The zero-order valence-electron chi connectivity index (χ0n) is 12.3. The molecule has 120 valence electrons. The van der Waals surface area contributed by atoms with E-state index in [1.54, 1.807) is 36.4 Å². The van der Waals surface area contributed by atoms with E-state index in [4.69, 9.17) is 27.6 Å². The molecule has 2 nitrogen and oxygen atoms in total. The van der Waals surface area contributed by atoms with E-state index in [9.17, 15) is 9.18 Å². The van der Waals surface area contributed by atoms with E-state index in [1.807, 2.05) is 0 Å². The third-order valence-electron chi connectivity index (χ3n) is 3.36. The Morgan fingerprint density at radius 2 is 1.71 bits per heavy atom. The molecule has 0 spiro atoms. The molecule has 0 fully saturated rings. The van der Waals surface area contributed by atoms with Crippen molar-refractivity contribution in [2.45, 2.75) is 0 Å². The molecule has 0 saturated heterocycles. The Morgan fingerprint density at radius 3 is 2.42 bits per heavy atom. The fourth-order valence-corrected chi connectivity index (χ4v) is 2.41. The van der Waals surface area contributed by atoms with Gasteiger partial charge >= 0.3 is 0 Å². The Hall–Kier alpha value is -2.36. The number of hydrogen-bond donors (Lipinski definition) is 0. The van der Waals surface area contributed by atoms with Crippen LogP contribution in [0, 0.1) is 5.82 Å². The van der Waals surface area contributed by atoms with Crippen LogP contribution in [0.2, 0.25) is 10.0 Å². The second kappa shape index (κ2) is 7.04. The van der Waals surface area contributed by atoms with Gasteiger partial charge in [-0.05, 0) is 66.7 Å². The minimum Gasteiger partial charge on any atom is -0.457 e. The first kappa shape index (κ1) is 16.5. The molecule has 3 rings (SSSR count). The van der Waals surface area contributed by atoms with Crippen LogP contribution in [0.5, 0.6) is 0 Å². The molecule has 0 aliphatic rings. The van der Waals surface area contributed by atoms with Gasteiger partial charge in [0.25, 0.3) is 0 Å². The molecule has 1 aromatic heterocycles. The predicted octanol–water partition coefficient (Wildman–Crippen LogP) is 6.29. The van der Waals surface area contributed by atoms with E-state index >= 15 is 0 Å². The molecule has 0 unspecified atom stereocenters. The summed E-state index contributed by atoms with van der Waals surface area (Å²) in [6, 6.07) is 14.1. The van der Waals surface area contributed by atoms with Crippen LogP contribution in [0.1, 0.15) is 16.1 Å². The molecule has 0 atom stereocenters. The summed E-state index contributed by atoms with van der Waals surface area (Å²) in [6.07, 6.45) is 2.94. The predicted molar refractivity (Wildman–Crippen MR) is 93.9 cm³/mol. The first-order valence-corrected chi connectivity index (χ1v) is 7.82. The van der Waals surface area contributed by atoms with Crippen molar-refractivity contribution in [2.75, 3.05) is 0 Å². The molecular weight excluding hydrogens is 350 g/mol. The number of ketones is 1. The molecule has 0 aliphatic heterocycles. The molecule has 3 aromatic rings. The number of hydrogen-bond acceptors (Lipinski definition) is 2. The van der Waals surface area contributed by atoms with E-state index in [2.05, 4.69) is 0 Å². The van der Waals surface area contributed by atoms with Crippen LogP contribution in [0.15, 0.2) is 65.1 Å². The fraction of sp³-hybridized carbons (Fsp3) is 0. The number of carbonyl (C=O) groups excluding carboxylic acids is 1. The van der Waals surface area contributed by atoms with Gasteiger partial charge in [-0.1, -0.05) is 23.2 Å². The fourth-order valence-electron chi connectivity index (χ4n) is 2.12. The van der Waals surface area contributed by atoms with Crippen molar-refractivity contribution in [1.82, 2.24) is 0 Å². The Labute approximate surface area is 148 Å². The Balaban J connectivity index is 1.77. The second-order valence-corrected chi connectivity index (χ2v) is 5.85. The van der Waals surface area contributed by atoms with Crippen LogP contribution >= 0.6 is 23.2 Å². The topological polar surface area (TPSA) is 30.2 Å². The van der Waals surface area contributed by atoms with Gasteiger partial charge in [0.2, 0.25) is 0 Å². The summed E-state index contributed by atoms with van der Waals surface area (Å²) in [7, 11) is 0. The van der Waals surface area contributed by atoms with E-state index in [0.717, 1.165) is 5.56 Å². The monoisotopic (exact) mass is 360 g/mol. The van der Waals surface area contributed by atoms with E-state index in [-0.39, 0.29) is 11.6 Å². The minimum absolute atomic E-state index is 0.234. The number of allylic oxidation sites excluding steroid dienone is 1. The van der Waals surface area contributed by atoms with Gasteiger partial charge in [0.05, 0.1) is 10.0 Å². The van der Waals surface area contributed by atoms with Gasteiger partial charge in [-0.25, -0.2) is 4.39 Å². The van der Waals surface area contributed by atoms with Gasteiger partial charge in [-0.2, -0.15) is 0 Å². The van der Waals surface area contributed by atoms with Gasteiger partial charge < -0.3 is 4.42 Å². The highest BCUT2D eigenvalue weighted by Crippen LogP contribution is 2.29. The normalized spacial score (nSPS) is 11.1. The molecule has 0 radical (unpaired) electrons. The van der Waals surface area contributed by atoms with Crippen molar-refractivity contribution in [3.8, 4) is 11.3 Å². The molecule has 0 aliphatic carbocycles. The zero-order chi connectivity index (χ0) is 17.1.